The van der Waals surface area contributed by atoms with E-state index in [9.17, 15) is 14.9 Å². The maximum absolute atomic E-state index is 12.4. The first-order chi connectivity index (χ1) is 11.5. The summed E-state index contributed by atoms with van der Waals surface area (Å²) in [6.07, 6.45) is 5.34. The Morgan fingerprint density at radius 3 is 2.62 bits per heavy atom. The lowest BCUT2D eigenvalue weighted by Gasteiger charge is -2.14. The molecule has 3 rings (SSSR count). The van der Waals surface area contributed by atoms with E-state index < -0.39 is 4.92 Å². The standard InChI is InChI=1S/C17H18N4O3/c1-11(12-6-8-18-9-7-12)19-17(22)13-2-5-15(20-14-3-4-14)16(10-13)21(23)24/h2,5-11,14,20H,3-4H2,1H3,(H,19,22). The summed E-state index contributed by atoms with van der Waals surface area (Å²) in [5, 5.41) is 17.2. The number of carbonyl (C=O) groups is 1. The fraction of sp³-hybridized carbons (Fsp3) is 0.294. The summed E-state index contributed by atoms with van der Waals surface area (Å²) in [7, 11) is 0. The van der Waals surface area contributed by atoms with E-state index in [1.165, 1.54) is 6.07 Å². The summed E-state index contributed by atoms with van der Waals surface area (Å²) in [4.78, 5) is 27.1. The maximum Gasteiger partial charge on any atom is 0.293 e. The molecule has 24 heavy (non-hydrogen) atoms. The van der Waals surface area contributed by atoms with Gasteiger partial charge in [-0.05, 0) is 49.6 Å². The Hall–Kier alpha value is -2.96. The Balaban J connectivity index is 1.76. The first-order valence-electron chi connectivity index (χ1n) is 7.80. The van der Waals surface area contributed by atoms with Crippen molar-refractivity contribution in [1.29, 1.82) is 0 Å². The number of benzene rings is 1. The number of amides is 1. The van der Waals surface area contributed by atoms with E-state index in [0.29, 0.717) is 11.7 Å². The molecule has 7 nitrogen and oxygen atoms in total. The van der Waals surface area contributed by atoms with Crippen LogP contribution >= 0.6 is 0 Å². The summed E-state index contributed by atoms with van der Waals surface area (Å²) >= 11 is 0. The highest BCUT2D eigenvalue weighted by Gasteiger charge is 2.25. The second-order valence-electron chi connectivity index (χ2n) is 5.88. The van der Waals surface area contributed by atoms with E-state index in [2.05, 4.69) is 15.6 Å². The van der Waals surface area contributed by atoms with Crippen molar-refractivity contribution in [3.8, 4) is 0 Å². The van der Waals surface area contributed by atoms with Crippen molar-refractivity contribution in [3.63, 3.8) is 0 Å². The lowest BCUT2D eigenvalue weighted by molar-refractivity contribution is -0.384. The summed E-state index contributed by atoms with van der Waals surface area (Å²) in [5.41, 5.74) is 1.57. The number of nitro groups is 1. The number of pyridine rings is 1. The van der Waals surface area contributed by atoms with Crippen LogP contribution in [-0.2, 0) is 0 Å². The number of hydrogen-bond donors (Lipinski definition) is 2. The van der Waals surface area contributed by atoms with Crippen LogP contribution in [0.15, 0.2) is 42.7 Å². The zero-order valence-electron chi connectivity index (χ0n) is 13.2. The van der Waals surface area contributed by atoms with E-state index in [1.54, 1.807) is 24.5 Å². The number of aromatic nitrogens is 1. The van der Waals surface area contributed by atoms with Gasteiger partial charge in [-0.2, -0.15) is 0 Å². The molecule has 1 saturated carbocycles. The minimum Gasteiger partial charge on any atom is -0.377 e. The minimum absolute atomic E-state index is 0.0777. The van der Waals surface area contributed by atoms with Gasteiger partial charge < -0.3 is 10.6 Å². The van der Waals surface area contributed by atoms with Gasteiger partial charge >= 0.3 is 0 Å². The third-order valence-electron chi connectivity index (χ3n) is 3.95. The zero-order valence-corrected chi connectivity index (χ0v) is 13.2. The van der Waals surface area contributed by atoms with Gasteiger partial charge in [0.25, 0.3) is 11.6 Å². The molecule has 1 atom stereocenters. The quantitative estimate of drug-likeness (QED) is 0.628. The van der Waals surface area contributed by atoms with E-state index in [1.807, 2.05) is 19.1 Å². The molecule has 2 aromatic rings. The first kappa shape index (κ1) is 15.9. The number of nitrogens with one attached hydrogen (secondary N) is 2. The highest BCUT2D eigenvalue weighted by molar-refractivity contribution is 5.96. The van der Waals surface area contributed by atoms with Gasteiger partial charge in [0.2, 0.25) is 0 Å². The van der Waals surface area contributed by atoms with Crippen LogP contribution in [0.3, 0.4) is 0 Å². The van der Waals surface area contributed by atoms with E-state index >= 15 is 0 Å². The molecule has 1 unspecified atom stereocenters. The molecule has 7 heteroatoms. The van der Waals surface area contributed by atoms with Gasteiger partial charge in [0.05, 0.1) is 11.0 Å². The molecular weight excluding hydrogens is 308 g/mol. The normalized spacial score (nSPS) is 14.7. The third-order valence-corrected chi connectivity index (χ3v) is 3.95. The Morgan fingerprint density at radius 2 is 2.00 bits per heavy atom. The van der Waals surface area contributed by atoms with Crippen LogP contribution in [0.2, 0.25) is 0 Å². The molecule has 0 radical (unpaired) electrons. The summed E-state index contributed by atoms with van der Waals surface area (Å²) in [5.74, 6) is -0.347. The Labute approximate surface area is 139 Å². The second-order valence-corrected chi connectivity index (χ2v) is 5.88. The minimum atomic E-state index is -0.464. The first-order valence-corrected chi connectivity index (χ1v) is 7.80. The highest BCUT2D eigenvalue weighted by Crippen LogP contribution is 2.31. The predicted molar refractivity (Wildman–Crippen MR) is 89.9 cm³/mol. The molecule has 1 fully saturated rings. The molecule has 1 aromatic carbocycles. The lowest BCUT2D eigenvalue weighted by atomic mass is 10.1. The molecule has 2 N–H and O–H groups in total. The Bertz CT molecular complexity index is 760. The molecule has 1 aliphatic carbocycles. The highest BCUT2D eigenvalue weighted by atomic mass is 16.6. The van der Waals surface area contributed by atoms with Crippen molar-refractivity contribution in [1.82, 2.24) is 10.3 Å². The molecule has 1 aromatic heterocycles. The van der Waals surface area contributed by atoms with Gasteiger partial charge in [-0.25, -0.2) is 0 Å². The van der Waals surface area contributed by atoms with Crippen molar-refractivity contribution in [2.75, 3.05) is 5.32 Å². The molecule has 0 saturated heterocycles. The van der Waals surface area contributed by atoms with Gasteiger partial charge in [0.15, 0.2) is 0 Å². The second kappa shape index (κ2) is 6.66. The fourth-order valence-corrected chi connectivity index (χ4v) is 2.41. The zero-order chi connectivity index (χ0) is 17.1. The summed E-state index contributed by atoms with van der Waals surface area (Å²) in [6.45, 7) is 1.85. The maximum atomic E-state index is 12.4. The average Bonchev–Trinajstić information content (AvgIpc) is 3.39. The van der Waals surface area contributed by atoms with Gasteiger partial charge in [-0.3, -0.25) is 19.9 Å². The van der Waals surface area contributed by atoms with E-state index in [4.69, 9.17) is 0 Å². The number of carbonyl (C=O) groups excluding carboxylic acids is 1. The van der Waals surface area contributed by atoms with Crippen LogP contribution in [0.1, 0.15) is 41.7 Å². The van der Waals surface area contributed by atoms with Gasteiger partial charge in [0.1, 0.15) is 5.69 Å². The van der Waals surface area contributed by atoms with Crippen LogP contribution in [0, 0.1) is 10.1 Å². The number of hydrogen-bond acceptors (Lipinski definition) is 5. The van der Waals surface area contributed by atoms with Crippen LogP contribution in [0.5, 0.6) is 0 Å². The number of anilines is 1. The van der Waals surface area contributed by atoms with E-state index in [-0.39, 0.29) is 23.2 Å². The van der Waals surface area contributed by atoms with Crippen molar-refractivity contribution >= 4 is 17.3 Å². The summed E-state index contributed by atoms with van der Waals surface area (Å²) < 4.78 is 0. The summed E-state index contributed by atoms with van der Waals surface area (Å²) in [6, 6.07) is 8.24. The molecule has 0 spiro atoms. The fourth-order valence-electron chi connectivity index (χ4n) is 2.41. The van der Waals surface area contributed by atoms with Crippen molar-refractivity contribution in [3.05, 3.63) is 64.0 Å². The molecule has 1 amide bonds. The molecular formula is C17H18N4O3. The number of nitro benzene ring substituents is 1. The van der Waals surface area contributed by atoms with Gasteiger partial charge in [-0.15, -0.1) is 0 Å². The Morgan fingerprint density at radius 1 is 1.29 bits per heavy atom. The molecule has 0 bridgehead atoms. The number of rotatable bonds is 6. The van der Waals surface area contributed by atoms with E-state index in [0.717, 1.165) is 18.4 Å². The molecule has 124 valence electrons. The lowest BCUT2D eigenvalue weighted by Crippen LogP contribution is -2.26. The molecule has 1 heterocycles. The average molecular weight is 326 g/mol. The van der Waals surface area contributed by atoms with Crippen molar-refractivity contribution in [2.24, 2.45) is 0 Å². The van der Waals surface area contributed by atoms with Crippen LogP contribution in [0.25, 0.3) is 0 Å². The van der Waals surface area contributed by atoms with Crippen LogP contribution < -0.4 is 10.6 Å². The van der Waals surface area contributed by atoms with Crippen LogP contribution in [0.4, 0.5) is 11.4 Å². The van der Waals surface area contributed by atoms with Gasteiger partial charge in [0, 0.05) is 30.1 Å². The third kappa shape index (κ3) is 3.68. The topological polar surface area (TPSA) is 97.2 Å². The molecule has 0 aliphatic heterocycles. The van der Waals surface area contributed by atoms with Crippen molar-refractivity contribution < 1.29 is 9.72 Å². The smallest absolute Gasteiger partial charge is 0.293 e. The largest absolute Gasteiger partial charge is 0.377 e. The van der Waals surface area contributed by atoms with Crippen LogP contribution in [-0.4, -0.2) is 21.9 Å². The number of nitrogens with zero attached hydrogens (tertiary/aromatic N) is 2. The monoisotopic (exact) mass is 326 g/mol. The molecule has 1 aliphatic rings. The SMILES string of the molecule is CC(NC(=O)c1ccc(NC2CC2)c([N+](=O)[O-])c1)c1ccncc1. The predicted octanol–water partition coefficient (Wildman–Crippen LogP) is 3.06. The van der Waals surface area contributed by atoms with Crippen molar-refractivity contribution in [2.45, 2.75) is 31.8 Å². The van der Waals surface area contributed by atoms with Gasteiger partial charge in [-0.1, -0.05) is 0 Å². The Kier molecular flexibility index (Phi) is 4.41.